The van der Waals surface area contributed by atoms with Crippen LogP contribution in [0.1, 0.15) is 50.7 Å². The van der Waals surface area contributed by atoms with Crippen LogP contribution in [0.15, 0.2) is 77.4 Å². The zero-order valence-corrected chi connectivity index (χ0v) is 22.5. The molecule has 4 aromatic rings. The van der Waals surface area contributed by atoms with E-state index in [1.54, 1.807) is 24.4 Å². The Hall–Kier alpha value is -3.49. The molecule has 0 saturated carbocycles. The maximum atomic E-state index is 11.6. The van der Waals surface area contributed by atoms with E-state index in [1.807, 2.05) is 37.3 Å². The Morgan fingerprint density at radius 1 is 1.03 bits per heavy atom. The molecule has 2 aromatic carbocycles. The number of aryl methyl sites for hydroxylation is 2. The highest BCUT2D eigenvalue weighted by molar-refractivity contribution is 9.10. The van der Waals surface area contributed by atoms with Gasteiger partial charge < -0.3 is 19.9 Å². The van der Waals surface area contributed by atoms with Gasteiger partial charge in [0.15, 0.2) is 5.11 Å². The molecule has 0 amide bonds. The van der Waals surface area contributed by atoms with E-state index in [0.717, 1.165) is 44.1 Å². The fourth-order valence-corrected chi connectivity index (χ4v) is 5.58. The molecule has 2 atom stereocenters. The maximum Gasteiger partial charge on any atom is 0.335 e. The molecule has 0 radical (unpaired) electrons. The summed E-state index contributed by atoms with van der Waals surface area (Å²) in [5.41, 5.74) is 7.20. The van der Waals surface area contributed by atoms with Crippen molar-refractivity contribution in [2.75, 3.05) is 4.90 Å². The van der Waals surface area contributed by atoms with Gasteiger partial charge in [-0.1, -0.05) is 28.1 Å². The predicted octanol–water partition coefficient (Wildman–Crippen LogP) is 6.44. The lowest BCUT2D eigenvalue weighted by atomic mass is 9.96. The van der Waals surface area contributed by atoms with Crippen molar-refractivity contribution in [3.63, 3.8) is 0 Å². The van der Waals surface area contributed by atoms with Gasteiger partial charge in [-0.05, 0) is 98.7 Å². The fraction of sp³-hybridized carbons (Fsp3) is 0.179. The number of carboxylic acid groups (broad SMARTS) is 1. The Kier molecular flexibility index (Phi) is 6.40. The third kappa shape index (κ3) is 4.20. The summed E-state index contributed by atoms with van der Waals surface area (Å²) in [5, 5.41) is 13.7. The van der Waals surface area contributed by atoms with Gasteiger partial charge in [0.2, 0.25) is 0 Å². The number of benzene rings is 2. The number of nitrogens with zero attached hydrogens (tertiary/aromatic N) is 3. The Morgan fingerprint density at radius 3 is 2.53 bits per heavy atom. The van der Waals surface area contributed by atoms with Crippen molar-refractivity contribution < 1.29 is 9.90 Å². The number of aromatic nitrogens is 2. The summed E-state index contributed by atoms with van der Waals surface area (Å²) >= 11 is 9.48. The van der Waals surface area contributed by atoms with Gasteiger partial charge in [-0.2, -0.15) is 0 Å². The standard InChI is InChI=1S/C28H25BrN4O2S/c1-16-13-21(10-11-23(16)29)33-26(25(31-28(33)36)24-9-4-5-12-30-24)22-14-17(2)32(18(22)3)20-8-6-7-19(15-20)27(34)35/h4-15,25-26H,1-3H3,(H,31,36)(H,34,35)/t25-,26+/m1/s1. The summed E-state index contributed by atoms with van der Waals surface area (Å²) in [7, 11) is 0. The van der Waals surface area contributed by atoms with Crippen molar-refractivity contribution in [3.05, 3.63) is 111 Å². The smallest absolute Gasteiger partial charge is 0.335 e. The number of anilines is 1. The van der Waals surface area contributed by atoms with Gasteiger partial charge in [-0.3, -0.25) is 4.98 Å². The molecule has 1 aliphatic rings. The third-order valence-electron chi connectivity index (χ3n) is 6.66. The molecule has 1 aliphatic heterocycles. The highest BCUT2D eigenvalue weighted by Crippen LogP contribution is 2.44. The van der Waals surface area contributed by atoms with Crippen LogP contribution in [-0.2, 0) is 0 Å². The van der Waals surface area contributed by atoms with E-state index in [2.05, 4.69) is 67.7 Å². The number of thiocarbonyl (C=S) groups is 1. The maximum absolute atomic E-state index is 11.6. The Bertz CT molecular complexity index is 1480. The molecule has 2 aromatic heterocycles. The van der Waals surface area contributed by atoms with Gasteiger partial charge in [-0.25, -0.2) is 4.79 Å². The summed E-state index contributed by atoms with van der Waals surface area (Å²) in [5.74, 6) is -0.947. The number of hydrogen-bond donors (Lipinski definition) is 2. The highest BCUT2D eigenvalue weighted by atomic mass is 79.9. The van der Waals surface area contributed by atoms with Crippen LogP contribution >= 0.6 is 28.1 Å². The molecule has 6 nitrogen and oxygen atoms in total. The molecule has 0 unspecified atom stereocenters. The molecule has 3 heterocycles. The van der Waals surface area contributed by atoms with E-state index in [4.69, 9.17) is 12.2 Å². The summed E-state index contributed by atoms with van der Waals surface area (Å²) in [6, 6.07) is 21.0. The molecule has 36 heavy (non-hydrogen) atoms. The minimum absolute atomic E-state index is 0.157. The van der Waals surface area contributed by atoms with Gasteiger partial charge in [0.1, 0.15) is 0 Å². The summed E-state index contributed by atoms with van der Waals surface area (Å²) in [6.45, 7) is 6.17. The van der Waals surface area contributed by atoms with Crippen molar-refractivity contribution in [1.82, 2.24) is 14.9 Å². The van der Waals surface area contributed by atoms with E-state index < -0.39 is 5.97 Å². The van der Waals surface area contributed by atoms with Crippen LogP contribution < -0.4 is 10.2 Å². The van der Waals surface area contributed by atoms with Crippen molar-refractivity contribution in [2.24, 2.45) is 0 Å². The number of carbonyl (C=O) groups is 1. The first-order chi connectivity index (χ1) is 17.3. The molecule has 0 aliphatic carbocycles. The van der Waals surface area contributed by atoms with E-state index in [0.29, 0.717) is 5.11 Å². The zero-order valence-electron chi connectivity index (χ0n) is 20.1. The molecule has 8 heteroatoms. The van der Waals surface area contributed by atoms with Crippen LogP contribution in [0, 0.1) is 20.8 Å². The van der Waals surface area contributed by atoms with Gasteiger partial charge in [0.05, 0.1) is 23.3 Å². The molecule has 2 N–H and O–H groups in total. The van der Waals surface area contributed by atoms with Crippen LogP contribution in [0.25, 0.3) is 5.69 Å². The lowest BCUT2D eigenvalue weighted by Gasteiger charge is -2.28. The number of pyridine rings is 1. The van der Waals surface area contributed by atoms with Crippen LogP contribution in [0.3, 0.4) is 0 Å². The molecular formula is C28H25BrN4O2S. The third-order valence-corrected chi connectivity index (χ3v) is 7.86. The van der Waals surface area contributed by atoms with Gasteiger partial charge in [-0.15, -0.1) is 0 Å². The van der Waals surface area contributed by atoms with Gasteiger partial charge in [0.25, 0.3) is 0 Å². The quantitative estimate of drug-likeness (QED) is 0.274. The SMILES string of the molecule is Cc1cc(N2C(=S)N[C@H](c3ccccn3)[C@@H]2c2cc(C)n(-c3cccc(C(=O)O)c3)c2C)ccc1Br. The molecule has 5 rings (SSSR count). The normalized spacial score (nSPS) is 17.3. The van der Waals surface area contributed by atoms with E-state index in [-0.39, 0.29) is 17.6 Å². The average molecular weight is 562 g/mol. The van der Waals surface area contributed by atoms with Crippen LogP contribution in [-0.4, -0.2) is 25.7 Å². The monoisotopic (exact) mass is 560 g/mol. The van der Waals surface area contributed by atoms with Crippen LogP contribution in [0.4, 0.5) is 5.69 Å². The number of carboxylic acids is 1. The predicted molar refractivity (Wildman–Crippen MR) is 149 cm³/mol. The average Bonchev–Trinajstić information content (AvgIpc) is 3.36. The second-order valence-corrected chi connectivity index (χ2v) is 10.2. The van der Waals surface area contributed by atoms with Crippen molar-refractivity contribution in [2.45, 2.75) is 32.9 Å². The first kappa shape index (κ1) is 24.2. The summed E-state index contributed by atoms with van der Waals surface area (Å²) in [6.07, 6.45) is 1.80. The number of nitrogens with one attached hydrogen (secondary N) is 1. The minimum Gasteiger partial charge on any atom is -0.478 e. The van der Waals surface area contributed by atoms with E-state index >= 15 is 0 Å². The molecule has 0 bridgehead atoms. The topological polar surface area (TPSA) is 70.4 Å². The van der Waals surface area contributed by atoms with E-state index in [1.165, 1.54) is 0 Å². The largest absolute Gasteiger partial charge is 0.478 e. The second kappa shape index (κ2) is 9.52. The molecular weight excluding hydrogens is 536 g/mol. The highest BCUT2D eigenvalue weighted by Gasteiger charge is 2.42. The number of halogens is 1. The first-order valence-corrected chi connectivity index (χ1v) is 12.8. The van der Waals surface area contributed by atoms with Gasteiger partial charge >= 0.3 is 5.97 Å². The lowest BCUT2D eigenvalue weighted by Crippen LogP contribution is -2.29. The number of hydrogen-bond acceptors (Lipinski definition) is 3. The summed E-state index contributed by atoms with van der Waals surface area (Å²) < 4.78 is 3.14. The van der Waals surface area contributed by atoms with Crippen LogP contribution in [0.5, 0.6) is 0 Å². The minimum atomic E-state index is -0.947. The first-order valence-electron chi connectivity index (χ1n) is 11.6. The van der Waals surface area contributed by atoms with Crippen LogP contribution in [0.2, 0.25) is 0 Å². The molecule has 1 saturated heterocycles. The number of aromatic carboxylic acids is 1. The van der Waals surface area contributed by atoms with Crippen molar-refractivity contribution in [3.8, 4) is 5.69 Å². The lowest BCUT2D eigenvalue weighted by molar-refractivity contribution is 0.0697. The van der Waals surface area contributed by atoms with E-state index in [9.17, 15) is 9.90 Å². The Balaban J connectivity index is 1.68. The molecule has 182 valence electrons. The summed E-state index contributed by atoms with van der Waals surface area (Å²) in [4.78, 5) is 18.4. The van der Waals surface area contributed by atoms with Gasteiger partial charge in [0, 0.05) is 33.4 Å². The Morgan fingerprint density at radius 2 is 1.83 bits per heavy atom. The molecule has 1 fully saturated rings. The van der Waals surface area contributed by atoms with Crippen molar-refractivity contribution >= 4 is 44.9 Å². The Labute approximate surface area is 223 Å². The zero-order chi connectivity index (χ0) is 25.6. The van der Waals surface area contributed by atoms with Crippen molar-refractivity contribution in [1.29, 1.82) is 0 Å². The second-order valence-electron chi connectivity index (χ2n) is 8.95. The molecule has 0 spiro atoms. The fourth-order valence-electron chi connectivity index (χ4n) is 4.99. The number of rotatable bonds is 5.